The summed E-state index contributed by atoms with van der Waals surface area (Å²) in [5, 5.41) is 0. The maximum atomic E-state index is 6.09. The Morgan fingerprint density at radius 1 is 1.21 bits per heavy atom. The van der Waals surface area contributed by atoms with Gasteiger partial charge in [0.15, 0.2) is 0 Å². The molecule has 0 bridgehead atoms. The Kier molecular flexibility index (Phi) is 4.91. The zero-order valence-corrected chi connectivity index (χ0v) is 13.7. The van der Waals surface area contributed by atoms with Crippen LogP contribution in [0.1, 0.15) is 45.1 Å². The van der Waals surface area contributed by atoms with Gasteiger partial charge in [-0.25, -0.2) is 0 Å². The number of benzene rings is 1. The number of hydrogen-bond donors (Lipinski definition) is 1. The monoisotopic (exact) mass is 324 g/mol. The molecular formula is C16H25BrN2. The molecule has 0 aliphatic carbocycles. The van der Waals surface area contributed by atoms with E-state index in [-0.39, 0.29) is 0 Å². The van der Waals surface area contributed by atoms with E-state index in [1.54, 1.807) is 0 Å². The topological polar surface area (TPSA) is 29.3 Å². The number of halogens is 1. The van der Waals surface area contributed by atoms with Crippen LogP contribution in [-0.2, 0) is 6.54 Å². The molecule has 2 N–H and O–H groups in total. The lowest BCUT2D eigenvalue weighted by Gasteiger charge is -2.41. The molecule has 2 nitrogen and oxygen atoms in total. The molecule has 0 amide bonds. The maximum absolute atomic E-state index is 6.09. The predicted molar refractivity (Wildman–Crippen MR) is 86.1 cm³/mol. The van der Waals surface area contributed by atoms with Crippen LogP contribution in [0.4, 0.5) is 5.69 Å². The van der Waals surface area contributed by atoms with Crippen LogP contribution in [-0.4, -0.2) is 18.0 Å². The lowest BCUT2D eigenvalue weighted by molar-refractivity contribution is 0.0909. The Bertz CT molecular complexity index is 397. The van der Waals surface area contributed by atoms with Crippen LogP contribution in [0.25, 0.3) is 0 Å². The van der Waals surface area contributed by atoms with Gasteiger partial charge < -0.3 is 5.73 Å². The van der Waals surface area contributed by atoms with Gasteiger partial charge in [-0.05, 0) is 43.5 Å². The highest BCUT2D eigenvalue weighted by molar-refractivity contribution is 9.10. The summed E-state index contributed by atoms with van der Waals surface area (Å²) >= 11 is 3.62. The third-order valence-corrected chi connectivity index (χ3v) is 5.70. The minimum Gasteiger partial charge on any atom is -0.398 e. The Balaban J connectivity index is 2.00. The minimum atomic E-state index is 0.593. The average Bonchev–Trinajstić information content (AvgIpc) is 2.44. The Labute approximate surface area is 125 Å². The molecule has 0 radical (unpaired) electrons. The molecule has 0 spiro atoms. The molecule has 0 atom stereocenters. The smallest absolute Gasteiger partial charge is 0.0371 e. The van der Waals surface area contributed by atoms with Gasteiger partial charge in [-0.3, -0.25) is 4.90 Å². The van der Waals surface area contributed by atoms with Crippen molar-refractivity contribution in [1.29, 1.82) is 0 Å². The molecule has 1 aromatic rings. The van der Waals surface area contributed by atoms with E-state index in [9.17, 15) is 0 Å². The van der Waals surface area contributed by atoms with Crippen molar-refractivity contribution < 1.29 is 0 Å². The van der Waals surface area contributed by atoms with Gasteiger partial charge in [0.2, 0.25) is 0 Å². The number of piperidine rings is 1. The van der Waals surface area contributed by atoms with Crippen LogP contribution in [0.5, 0.6) is 0 Å². The summed E-state index contributed by atoms with van der Waals surface area (Å²) in [6.07, 6.45) is 5.28. The van der Waals surface area contributed by atoms with Crippen molar-refractivity contribution in [3.05, 3.63) is 28.2 Å². The van der Waals surface area contributed by atoms with Crippen LogP contribution < -0.4 is 5.73 Å². The van der Waals surface area contributed by atoms with Crippen LogP contribution in [0.3, 0.4) is 0 Å². The summed E-state index contributed by atoms with van der Waals surface area (Å²) in [6.45, 7) is 8.04. The van der Waals surface area contributed by atoms with E-state index in [4.69, 9.17) is 5.73 Å². The number of nitrogen functional groups attached to an aromatic ring is 1. The molecule has 1 heterocycles. The van der Waals surface area contributed by atoms with Crippen molar-refractivity contribution in [1.82, 2.24) is 4.90 Å². The Morgan fingerprint density at radius 2 is 1.84 bits per heavy atom. The van der Waals surface area contributed by atoms with Crippen LogP contribution in [0.15, 0.2) is 22.7 Å². The van der Waals surface area contributed by atoms with Gasteiger partial charge in [-0.15, -0.1) is 0 Å². The first-order valence-corrected chi connectivity index (χ1v) is 8.15. The summed E-state index contributed by atoms with van der Waals surface area (Å²) in [5.74, 6) is 0. The van der Waals surface area contributed by atoms with Crippen molar-refractivity contribution in [3.63, 3.8) is 0 Å². The number of nitrogens with zero attached hydrogens (tertiary/aromatic N) is 1. The van der Waals surface area contributed by atoms with Crippen molar-refractivity contribution in [2.75, 3.05) is 18.8 Å². The fraction of sp³-hybridized carbons (Fsp3) is 0.625. The molecule has 106 valence electrons. The van der Waals surface area contributed by atoms with Crippen LogP contribution in [0.2, 0.25) is 0 Å². The van der Waals surface area contributed by atoms with Crippen molar-refractivity contribution in [3.8, 4) is 0 Å². The first kappa shape index (κ1) is 14.9. The van der Waals surface area contributed by atoms with E-state index in [0.717, 1.165) is 16.7 Å². The summed E-state index contributed by atoms with van der Waals surface area (Å²) < 4.78 is 1.13. The molecule has 1 fully saturated rings. The number of hydrogen-bond acceptors (Lipinski definition) is 2. The lowest BCUT2D eigenvalue weighted by atomic mass is 9.74. The lowest BCUT2D eigenvalue weighted by Crippen LogP contribution is -2.39. The SMILES string of the molecule is CCC1(CC)CCN(Cc2c(N)cccc2Br)CC1. The van der Waals surface area contributed by atoms with Gasteiger partial charge in [0.25, 0.3) is 0 Å². The van der Waals surface area contributed by atoms with E-state index >= 15 is 0 Å². The van der Waals surface area contributed by atoms with E-state index in [0.29, 0.717) is 5.41 Å². The maximum Gasteiger partial charge on any atom is 0.0371 e. The van der Waals surface area contributed by atoms with Crippen LogP contribution >= 0.6 is 15.9 Å². The normalized spacial score (nSPS) is 19.5. The van der Waals surface area contributed by atoms with E-state index < -0.39 is 0 Å². The number of anilines is 1. The third-order valence-electron chi connectivity index (χ3n) is 4.95. The molecule has 1 aromatic carbocycles. The second-order valence-corrected chi connectivity index (χ2v) is 6.65. The summed E-state index contributed by atoms with van der Waals surface area (Å²) in [6, 6.07) is 6.07. The first-order valence-electron chi connectivity index (χ1n) is 7.35. The highest BCUT2D eigenvalue weighted by Gasteiger charge is 2.31. The van der Waals surface area contributed by atoms with Gasteiger partial charge in [0, 0.05) is 22.3 Å². The quantitative estimate of drug-likeness (QED) is 0.830. The minimum absolute atomic E-state index is 0.593. The van der Waals surface area contributed by atoms with Gasteiger partial charge >= 0.3 is 0 Å². The highest BCUT2D eigenvalue weighted by Crippen LogP contribution is 2.38. The van der Waals surface area contributed by atoms with Crippen LogP contribution in [0, 0.1) is 5.41 Å². The fourth-order valence-electron chi connectivity index (χ4n) is 3.11. The van der Waals surface area contributed by atoms with Crippen molar-refractivity contribution >= 4 is 21.6 Å². The van der Waals surface area contributed by atoms with Crippen molar-refractivity contribution in [2.45, 2.75) is 46.1 Å². The second-order valence-electron chi connectivity index (χ2n) is 5.79. The zero-order valence-electron chi connectivity index (χ0n) is 12.1. The van der Waals surface area contributed by atoms with Gasteiger partial charge in [-0.2, -0.15) is 0 Å². The molecule has 1 aliphatic heterocycles. The zero-order chi connectivity index (χ0) is 13.9. The molecule has 1 aliphatic rings. The molecule has 0 unspecified atom stereocenters. The first-order chi connectivity index (χ1) is 9.10. The second kappa shape index (κ2) is 6.27. The number of rotatable bonds is 4. The highest BCUT2D eigenvalue weighted by atomic mass is 79.9. The fourth-order valence-corrected chi connectivity index (χ4v) is 3.62. The van der Waals surface area contributed by atoms with Gasteiger partial charge in [0.05, 0.1) is 0 Å². The molecule has 0 aromatic heterocycles. The Hall–Kier alpha value is -0.540. The molecule has 1 saturated heterocycles. The standard InChI is InChI=1S/C16H25BrN2/c1-3-16(4-2)8-10-19(11-9-16)12-13-14(17)6-5-7-15(13)18/h5-7H,3-4,8-12,18H2,1-2H3. The molecule has 19 heavy (non-hydrogen) atoms. The summed E-state index contributed by atoms with van der Waals surface area (Å²) in [5.41, 5.74) is 8.82. The summed E-state index contributed by atoms with van der Waals surface area (Å²) in [4.78, 5) is 2.54. The van der Waals surface area contributed by atoms with Gasteiger partial charge in [-0.1, -0.05) is 48.7 Å². The molecule has 0 saturated carbocycles. The van der Waals surface area contributed by atoms with E-state index in [1.807, 2.05) is 12.1 Å². The average molecular weight is 325 g/mol. The number of likely N-dealkylation sites (tertiary alicyclic amines) is 1. The molecular weight excluding hydrogens is 300 g/mol. The molecule has 3 heteroatoms. The van der Waals surface area contributed by atoms with Crippen molar-refractivity contribution in [2.24, 2.45) is 5.41 Å². The van der Waals surface area contributed by atoms with Gasteiger partial charge in [0.1, 0.15) is 0 Å². The third kappa shape index (κ3) is 3.32. The summed E-state index contributed by atoms with van der Waals surface area (Å²) in [7, 11) is 0. The number of nitrogens with two attached hydrogens (primary N) is 1. The largest absolute Gasteiger partial charge is 0.398 e. The predicted octanol–water partition coefficient (Wildman–Crippen LogP) is 4.43. The molecule has 2 rings (SSSR count). The Morgan fingerprint density at radius 3 is 2.37 bits per heavy atom. The van der Waals surface area contributed by atoms with E-state index in [1.165, 1.54) is 44.3 Å². The van der Waals surface area contributed by atoms with E-state index in [2.05, 4.69) is 40.7 Å².